The zero-order valence-electron chi connectivity index (χ0n) is 14.4. The minimum absolute atomic E-state index is 0.0318. The van der Waals surface area contributed by atoms with Crippen molar-refractivity contribution in [3.63, 3.8) is 0 Å². The summed E-state index contributed by atoms with van der Waals surface area (Å²) >= 11 is 5.72. The number of carbonyl (C=O) groups is 1. The van der Waals surface area contributed by atoms with E-state index in [4.69, 9.17) is 16.3 Å². The Morgan fingerprint density at radius 3 is 2.85 bits per heavy atom. The number of fused-ring (bicyclic) bond motifs is 1. The number of benzene rings is 1. The summed E-state index contributed by atoms with van der Waals surface area (Å²) in [6.07, 6.45) is 4.88. The van der Waals surface area contributed by atoms with Crippen molar-refractivity contribution in [3.05, 3.63) is 47.1 Å². The summed E-state index contributed by atoms with van der Waals surface area (Å²) in [6.45, 7) is 1.14. The van der Waals surface area contributed by atoms with Crippen LogP contribution in [0.5, 0.6) is 5.75 Å². The van der Waals surface area contributed by atoms with Gasteiger partial charge in [0, 0.05) is 37.5 Å². The van der Waals surface area contributed by atoms with Crippen molar-refractivity contribution < 1.29 is 13.9 Å². The highest BCUT2D eigenvalue weighted by molar-refractivity contribution is 6.30. The van der Waals surface area contributed by atoms with Crippen molar-refractivity contribution in [2.24, 2.45) is 0 Å². The Morgan fingerprint density at radius 2 is 2.07 bits per heavy atom. The number of rotatable bonds is 4. The summed E-state index contributed by atoms with van der Waals surface area (Å²) in [5.74, 6) is -0.00342. The number of hydrogen-bond donors (Lipinski definition) is 1. The number of aromatic amines is 1. The van der Waals surface area contributed by atoms with Crippen LogP contribution in [0.2, 0.25) is 5.02 Å². The average molecular weight is 390 g/mol. The smallest absolute Gasteiger partial charge is 0.260 e. The van der Waals surface area contributed by atoms with Crippen LogP contribution in [0.3, 0.4) is 0 Å². The summed E-state index contributed by atoms with van der Waals surface area (Å²) in [5, 5.41) is 7.19. The Bertz CT molecular complexity index is 971. The van der Waals surface area contributed by atoms with Crippen LogP contribution in [0, 0.1) is 5.82 Å². The highest BCUT2D eigenvalue weighted by Crippen LogP contribution is 2.30. The van der Waals surface area contributed by atoms with E-state index in [-0.39, 0.29) is 23.5 Å². The molecule has 1 aromatic carbocycles. The first-order valence-corrected chi connectivity index (χ1v) is 9.00. The number of halogens is 2. The zero-order valence-corrected chi connectivity index (χ0v) is 15.1. The van der Waals surface area contributed by atoms with Gasteiger partial charge >= 0.3 is 0 Å². The van der Waals surface area contributed by atoms with E-state index < -0.39 is 5.82 Å². The van der Waals surface area contributed by atoms with Gasteiger partial charge in [0.2, 0.25) is 0 Å². The molecule has 1 aliphatic rings. The lowest BCUT2D eigenvalue weighted by Gasteiger charge is -2.31. The minimum Gasteiger partial charge on any atom is -0.484 e. The molecule has 9 heteroatoms. The van der Waals surface area contributed by atoms with Crippen molar-refractivity contribution in [2.75, 3.05) is 19.7 Å². The van der Waals surface area contributed by atoms with Gasteiger partial charge in [-0.15, -0.1) is 0 Å². The average Bonchev–Trinajstić information content (AvgIpc) is 3.13. The van der Waals surface area contributed by atoms with Crippen molar-refractivity contribution in [3.8, 4) is 5.75 Å². The topological polar surface area (TPSA) is 84.0 Å². The van der Waals surface area contributed by atoms with Crippen molar-refractivity contribution >= 4 is 28.7 Å². The quantitative estimate of drug-likeness (QED) is 0.741. The van der Waals surface area contributed by atoms with Crippen molar-refractivity contribution in [1.82, 2.24) is 25.1 Å². The second kappa shape index (κ2) is 7.48. The van der Waals surface area contributed by atoms with E-state index >= 15 is 0 Å². The number of nitrogens with one attached hydrogen (secondary N) is 1. The fourth-order valence-corrected chi connectivity index (χ4v) is 3.44. The Hall–Kier alpha value is -2.74. The predicted octanol–water partition coefficient (Wildman–Crippen LogP) is 2.93. The van der Waals surface area contributed by atoms with Gasteiger partial charge in [-0.1, -0.05) is 11.6 Å². The van der Waals surface area contributed by atoms with E-state index in [1.165, 1.54) is 18.2 Å². The SMILES string of the molecule is O=C(COc1ccc(F)c(Cl)c1)N1CCC(c2[nH]nc3nccnc23)CC1. The molecule has 0 spiro atoms. The number of carbonyl (C=O) groups excluding carboxylic acids is 1. The maximum Gasteiger partial charge on any atom is 0.260 e. The van der Waals surface area contributed by atoms with Crippen molar-refractivity contribution in [1.29, 1.82) is 0 Å². The van der Waals surface area contributed by atoms with Gasteiger partial charge in [0.1, 0.15) is 17.1 Å². The molecule has 0 bridgehead atoms. The lowest BCUT2D eigenvalue weighted by atomic mass is 9.93. The number of hydrogen-bond acceptors (Lipinski definition) is 5. The fourth-order valence-electron chi connectivity index (χ4n) is 3.27. The van der Waals surface area contributed by atoms with E-state index in [0.717, 1.165) is 24.1 Å². The van der Waals surface area contributed by atoms with Crippen LogP contribution >= 0.6 is 11.6 Å². The highest BCUT2D eigenvalue weighted by Gasteiger charge is 2.27. The molecule has 1 amide bonds. The monoisotopic (exact) mass is 389 g/mol. The first-order chi connectivity index (χ1) is 13.1. The van der Waals surface area contributed by atoms with Crippen molar-refractivity contribution in [2.45, 2.75) is 18.8 Å². The van der Waals surface area contributed by atoms with Gasteiger partial charge in [-0.25, -0.2) is 14.4 Å². The third-order valence-electron chi connectivity index (χ3n) is 4.73. The Morgan fingerprint density at radius 1 is 1.30 bits per heavy atom. The van der Waals surface area contributed by atoms with Gasteiger partial charge in [-0.3, -0.25) is 9.89 Å². The number of H-pyrrole nitrogens is 1. The van der Waals surface area contributed by atoms with Crippen LogP contribution in [-0.4, -0.2) is 50.7 Å². The standard InChI is InChI=1S/C18H17ClFN5O2/c19-13-9-12(1-2-14(13)20)27-10-15(26)25-7-3-11(4-8-25)16-17-18(24-23-16)22-6-5-21-17/h1-2,5-6,9,11H,3-4,7-8,10H2,(H,22,23,24). The van der Waals surface area contributed by atoms with Crippen LogP contribution in [0.1, 0.15) is 24.5 Å². The van der Waals surface area contributed by atoms with E-state index in [2.05, 4.69) is 20.2 Å². The number of ether oxygens (including phenoxy) is 1. The molecule has 4 rings (SSSR count). The van der Waals surface area contributed by atoms with Gasteiger partial charge in [-0.2, -0.15) is 5.10 Å². The number of likely N-dealkylation sites (tertiary alicyclic amines) is 1. The summed E-state index contributed by atoms with van der Waals surface area (Å²) < 4.78 is 18.6. The maximum absolute atomic E-state index is 13.2. The third kappa shape index (κ3) is 3.71. The summed E-state index contributed by atoms with van der Waals surface area (Å²) in [4.78, 5) is 22.7. The number of aromatic nitrogens is 4. The van der Waals surface area contributed by atoms with E-state index in [1.807, 2.05) is 0 Å². The van der Waals surface area contributed by atoms with Crippen LogP contribution < -0.4 is 4.74 Å². The fraction of sp³-hybridized carbons (Fsp3) is 0.333. The molecule has 1 fully saturated rings. The minimum atomic E-state index is -0.520. The third-order valence-corrected chi connectivity index (χ3v) is 5.02. The molecule has 3 aromatic rings. The molecule has 3 heterocycles. The number of nitrogens with zero attached hydrogens (tertiary/aromatic N) is 4. The molecule has 1 aliphatic heterocycles. The molecular weight excluding hydrogens is 373 g/mol. The van der Waals surface area contributed by atoms with Gasteiger partial charge in [0.05, 0.1) is 10.7 Å². The van der Waals surface area contributed by atoms with Gasteiger partial charge < -0.3 is 9.64 Å². The van der Waals surface area contributed by atoms with E-state index in [9.17, 15) is 9.18 Å². The summed E-state index contributed by atoms with van der Waals surface area (Å²) in [6, 6.07) is 4.02. The molecule has 0 atom stereocenters. The zero-order chi connectivity index (χ0) is 18.8. The summed E-state index contributed by atoms with van der Waals surface area (Å²) in [7, 11) is 0. The number of amides is 1. The predicted molar refractivity (Wildman–Crippen MR) is 97.1 cm³/mol. The lowest BCUT2D eigenvalue weighted by molar-refractivity contribution is -0.134. The molecule has 7 nitrogen and oxygen atoms in total. The molecule has 140 valence electrons. The first-order valence-electron chi connectivity index (χ1n) is 8.62. The summed E-state index contributed by atoms with van der Waals surface area (Å²) in [5.41, 5.74) is 2.37. The van der Waals surface area contributed by atoms with Crippen LogP contribution in [-0.2, 0) is 4.79 Å². The Labute approximate surface area is 159 Å². The molecule has 2 aromatic heterocycles. The van der Waals surface area contributed by atoms with Gasteiger partial charge in [0.15, 0.2) is 12.3 Å². The molecule has 1 N–H and O–H groups in total. The Kier molecular flexibility index (Phi) is 4.89. The van der Waals surface area contributed by atoms with E-state index in [1.54, 1.807) is 17.3 Å². The molecular formula is C18H17ClFN5O2. The maximum atomic E-state index is 13.2. The lowest BCUT2D eigenvalue weighted by Crippen LogP contribution is -2.40. The van der Waals surface area contributed by atoms with Crippen LogP contribution in [0.15, 0.2) is 30.6 Å². The molecule has 0 radical (unpaired) electrons. The second-order valence-corrected chi connectivity index (χ2v) is 6.79. The second-order valence-electron chi connectivity index (χ2n) is 6.39. The largest absolute Gasteiger partial charge is 0.484 e. The van der Waals surface area contributed by atoms with Crippen LogP contribution in [0.25, 0.3) is 11.2 Å². The van der Waals surface area contributed by atoms with Gasteiger partial charge in [0.25, 0.3) is 5.91 Å². The molecule has 27 heavy (non-hydrogen) atoms. The normalized spacial score (nSPS) is 15.3. The van der Waals surface area contributed by atoms with Crippen LogP contribution in [0.4, 0.5) is 4.39 Å². The molecule has 0 unspecified atom stereocenters. The first kappa shape index (κ1) is 17.7. The number of piperidine rings is 1. The van der Waals surface area contributed by atoms with Gasteiger partial charge in [-0.05, 0) is 25.0 Å². The molecule has 1 saturated heterocycles. The Balaban J connectivity index is 1.33. The molecule has 0 saturated carbocycles. The van der Waals surface area contributed by atoms with E-state index in [0.29, 0.717) is 24.5 Å². The highest BCUT2D eigenvalue weighted by atomic mass is 35.5. The molecule has 0 aliphatic carbocycles.